The molecule has 0 aliphatic rings. The van der Waals surface area contributed by atoms with Crippen LogP contribution in [0.25, 0.3) is 60.0 Å². The molecule has 5 aromatic carbocycles. The summed E-state index contributed by atoms with van der Waals surface area (Å²) in [6, 6.07) is 30.7. The maximum atomic E-state index is 10.7. The molecule has 0 bridgehead atoms. The molecule has 0 atom stereocenters. The first-order valence-corrected chi connectivity index (χ1v) is 10.5. The van der Waals surface area contributed by atoms with E-state index in [2.05, 4.69) is 53.1 Å². The minimum absolute atomic E-state index is 0.229. The van der Waals surface area contributed by atoms with Crippen LogP contribution in [0.3, 0.4) is 0 Å². The van der Waals surface area contributed by atoms with Crippen molar-refractivity contribution in [1.29, 1.82) is 0 Å². The normalized spacial score (nSPS) is 12.0. The molecular weight excluding hydrogens is 398 g/mol. The summed E-state index contributed by atoms with van der Waals surface area (Å²) in [6.07, 6.45) is 0. The zero-order chi connectivity index (χ0) is 21.4. The number of aromatic nitrogens is 1. The Morgan fingerprint density at radius 3 is 2.03 bits per heavy atom. The molecule has 2 heterocycles. The van der Waals surface area contributed by atoms with E-state index in [4.69, 9.17) is 4.42 Å². The van der Waals surface area contributed by atoms with Gasteiger partial charge in [0.15, 0.2) is 5.58 Å². The summed E-state index contributed by atoms with van der Waals surface area (Å²) in [6.45, 7) is 0. The van der Waals surface area contributed by atoms with Crippen LogP contribution in [0.4, 0.5) is 0 Å². The molecule has 0 spiro atoms. The highest BCUT2D eigenvalue weighted by atomic mass is 16.5. The molecule has 0 amide bonds. The topological polar surface area (TPSA) is 58.5 Å². The highest BCUT2D eigenvalue weighted by Crippen LogP contribution is 2.49. The van der Waals surface area contributed by atoms with Crippen molar-refractivity contribution in [1.82, 2.24) is 4.57 Å². The van der Waals surface area contributed by atoms with Crippen LogP contribution in [0.2, 0.25) is 0 Å². The van der Waals surface area contributed by atoms with Gasteiger partial charge in [-0.25, -0.2) is 0 Å². The fraction of sp³-hybridized carbons (Fsp3) is 0. The van der Waals surface area contributed by atoms with Gasteiger partial charge in [-0.2, -0.15) is 0 Å². The predicted molar refractivity (Wildman–Crippen MR) is 129 cm³/mol. The molecule has 2 N–H and O–H groups in total. The molecule has 32 heavy (non-hydrogen) atoms. The summed E-state index contributed by atoms with van der Waals surface area (Å²) in [7, 11) is 0. The minimum Gasteiger partial charge on any atom is -0.501 e. The number of hydrogen-bond donors (Lipinski definition) is 2. The first-order chi connectivity index (χ1) is 15.7. The molecule has 0 unspecified atom stereocenters. The number of hydrogen-bond acceptors (Lipinski definition) is 3. The van der Waals surface area contributed by atoms with E-state index in [-0.39, 0.29) is 5.75 Å². The molecule has 0 fully saturated rings. The Kier molecular flexibility index (Phi) is 3.26. The van der Waals surface area contributed by atoms with Crippen molar-refractivity contribution in [2.45, 2.75) is 0 Å². The molecule has 0 aliphatic carbocycles. The van der Waals surface area contributed by atoms with Crippen molar-refractivity contribution in [3.8, 4) is 17.4 Å². The van der Waals surface area contributed by atoms with Crippen LogP contribution in [0.5, 0.6) is 11.7 Å². The SMILES string of the molecule is Oc1oc2c(c1O)c1ccccc1c1c3c4ccccc4ccc3n(-c3ccccc3)c21. The summed E-state index contributed by atoms with van der Waals surface area (Å²) < 4.78 is 7.97. The summed E-state index contributed by atoms with van der Waals surface area (Å²) in [5.41, 5.74) is 3.32. The smallest absolute Gasteiger partial charge is 0.327 e. The van der Waals surface area contributed by atoms with Gasteiger partial charge in [0.1, 0.15) is 0 Å². The lowest BCUT2D eigenvalue weighted by Crippen LogP contribution is -1.93. The van der Waals surface area contributed by atoms with Gasteiger partial charge in [0.25, 0.3) is 0 Å². The van der Waals surface area contributed by atoms with Crippen LogP contribution in [0.15, 0.2) is 95.4 Å². The van der Waals surface area contributed by atoms with E-state index in [1.165, 1.54) is 0 Å². The number of fused-ring (bicyclic) bond motifs is 10. The number of nitrogens with zero attached hydrogens (tertiary/aromatic N) is 1. The van der Waals surface area contributed by atoms with Crippen molar-refractivity contribution in [2.24, 2.45) is 0 Å². The van der Waals surface area contributed by atoms with E-state index >= 15 is 0 Å². The molecule has 4 heteroatoms. The van der Waals surface area contributed by atoms with Crippen LogP contribution in [0.1, 0.15) is 0 Å². The molecule has 0 saturated heterocycles. The first-order valence-electron chi connectivity index (χ1n) is 10.5. The zero-order valence-electron chi connectivity index (χ0n) is 16.9. The zero-order valence-corrected chi connectivity index (χ0v) is 16.9. The molecule has 2 aromatic heterocycles. The first kappa shape index (κ1) is 17.3. The quantitative estimate of drug-likeness (QED) is 0.297. The predicted octanol–water partition coefficient (Wildman–Crippen LogP) is 7.25. The molecule has 7 rings (SSSR count). The summed E-state index contributed by atoms with van der Waals surface area (Å²) in [4.78, 5) is 0. The van der Waals surface area contributed by atoms with Crippen LogP contribution in [0, 0.1) is 0 Å². The summed E-state index contributed by atoms with van der Waals surface area (Å²) in [5, 5.41) is 27.9. The fourth-order valence-corrected chi connectivity index (χ4v) is 5.13. The van der Waals surface area contributed by atoms with Gasteiger partial charge >= 0.3 is 5.95 Å². The van der Waals surface area contributed by atoms with Crippen LogP contribution < -0.4 is 0 Å². The standard InChI is InChI=1S/C28H17NO3/c30-26-24-20-13-7-6-12-19(20)23-22-18-11-5-4-8-16(18)14-15-21(22)29(17-9-2-1-3-10-17)25(23)27(24)32-28(26)31/h1-15,30-31H. The Hall–Kier alpha value is -4.44. The second-order valence-electron chi connectivity index (χ2n) is 8.08. The lowest BCUT2D eigenvalue weighted by molar-refractivity contribution is 0.317. The molecule has 7 aromatic rings. The summed E-state index contributed by atoms with van der Waals surface area (Å²) >= 11 is 0. The molecular formula is C28H17NO3. The molecule has 152 valence electrons. The lowest BCUT2D eigenvalue weighted by atomic mass is 9.97. The third-order valence-corrected chi connectivity index (χ3v) is 6.42. The third kappa shape index (κ3) is 2.06. The largest absolute Gasteiger partial charge is 0.501 e. The van der Waals surface area contributed by atoms with E-state index < -0.39 is 5.95 Å². The third-order valence-electron chi connectivity index (χ3n) is 6.42. The number of rotatable bonds is 1. The van der Waals surface area contributed by atoms with E-state index in [1.54, 1.807) is 0 Å². The van der Waals surface area contributed by atoms with Gasteiger partial charge < -0.3 is 19.2 Å². The van der Waals surface area contributed by atoms with E-state index in [1.807, 2.05) is 42.5 Å². The van der Waals surface area contributed by atoms with E-state index in [0.717, 1.165) is 49.0 Å². The molecule has 0 aliphatic heterocycles. The van der Waals surface area contributed by atoms with Crippen molar-refractivity contribution >= 4 is 54.3 Å². The Morgan fingerprint density at radius 1 is 0.594 bits per heavy atom. The van der Waals surface area contributed by atoms with Crippen molar-refractivity contribution in [3.63, 3.8) is 0 Å². The highest BCUT2D eigenvalue weighted by Gasteiger charge is 2.25. The number of aromatic hydroxyl groups is 2. The van der Waals surface area contributed by atoms with Gasteiger partial charge in [0, 0.05) is 16.5 Å². The maximum absolute atomic E-state index is 10.7. The molecule has 0 radical (unpaired) electrons. The van der Waals surface area contributed by atoms with Crippen molar-refractivity contribution in [2.75, 3.05) is 0 Å². The Balaban J connectivity index is 1.91. The van der Waals surface area contributed by atoms with E-state index in [9.17, 15) is 10.2 Å². The van der Waals surface area contributed by atoms with Gasteiger partial charge in [0.05, 0.1) is 16.4 Å². The lowest BCUT2D eigenvalue weighted by Gasteiger charge is -2.09. The van der Waals surface area contributed by atoms with Gasteiger partial charge in [-0.05, 0) is 39.7 Å². The Bertz CT molecular complexity index is 1840. The van der Waals surface area contributed by atoms with Gasteiger partial charge in [-0.1, -0.05) is 72.8 Å². The molecule has 0 saturated carbocycles. The maximum Gasteiger partial charge on any atom is 0.327 e. The minimum atomic E-state index is -0.465. The van der Waals surface area contributed by atoms with Crippen molar-refractivity contribution in [3.05, 3.63) is 91.0 Å². The van der Waals surface area contributed by atoms with Gasteiger partial charge in [0.2, 0.25) is 5.75 Å². The Labute approximate surface area is 182 Å². The number of furan rings is 1. The Morgan fingerprint density at radius 2 is 1.25 bits per heavy atom. The second-order valence-corrected chi connectivity index (χ2v) is 8.08. The fourth-order valence-electron chi connectivity index (χ4n) is 5.13. The van der Waals surface area contributed by atoms with Gasteiger partial charge in [-0.3, -0.25) is 0 Å². The van der Waals surface area contributed by atoms with E-state index in [0.29, 0.717) is 11.0 Å². The monoisotopic (exact) mass is 415 g/mol. The van der Waals surface area contributed by atoms with Crippen LogP contribution >= 0.6 is 0 Å². The average Bonchev–Trinajstić information content (AvgIpc) is 3.35. The van der Waals surface area contributed by atoms with Gasteiger partial charge in [-0.15, -0.1) is 0 Å². The number of benzene rings is 5. The van der Waals surface area contributed by atoms with Crippen molar-refractivity contribution < 1.29 is 14.6 Å². The molecule has 4 nitrogen and oxygen atoms in total. The number of para-hydroxylation sites is 1. The van der Waals surface area contributed by atoms with Crippen LogP contribution in [-0.2, 0) is 0 Å². The average molecular weight is 415 g/mol. The second kappa shape index (κ2) is 6.05. The van der Waals surface area contributed by atoms with Crippen LogP contribution in [-0.4, -0.2) is 14.8 Å². The summed E-state index contributed by atoms with van der Waals surface area (Å²) in [5.74, 6) is -0.694. The highest BCUT2D eigenvalue weighted by molar-refractivity contribution is 6.35.